The van der Waals surface area contributed by atoms with E-state index < -0.39 is 23.6 Å². The summed E-state index contributed by atoms with van der Waals surface area (Å²) in [5, 5.41) is 12.1. The van der Waals surface area contributed by atoms with Crippen molar-refractivity contribution in [2.24, 2.45) is 28.6 Å². The quantitative estimate of drug-likeness (QED) is 0.633. The fourth-order valence-electron chi connectivity index (χ4n) is 7.26. The molecule has 0 bridgehead atoms. The first-order valence-electron chi connectivity index (χ1n) is 13.3. The average Bonchev–Trinajstić information content (AvgIpc) is 3.32. The summed E-state index contributed by atoms with van der Waals surface area (Å²) in [6.45, 7) is 8.92. The van der Waals surface area contributed by atoms with Crippen molar-refractivity contribution in [3.63, 3.8) is 0 Å². The van der Waals surface area contributed by atoms with Crippen LogP contribution in [0.4, 0.5) is 5.82 Å². The molecule has 0 unspecified atom stereocenters. The first-order valence-corrected chi connectivity index (χ1v) is 13.3. The van der Waals surface area contributed by atoms with E-state index in [4.69, 9.17) is 9.47 Å². The largest absolute Gasteiger partial charge is 0.391 e. The van der Waals surface area contributed by atoms with Gasteiger partial charge in [0.2, 0.25) is 5.91 Å². The molecule has 1 aliphatic heterocycles. The standard InChI is InChI=1S/C28H39N3O5/c1-17(2)18-6-8-20-19(14-18)7-9-21-27(20,3)11-5-12-28(21,4)25(33)29-22-10-13-31(26(34)30-22)23-16-35-24(15-32)36-23/h7,10,13-14,17,20-21,23-24,32H,5-6,8-9,11-12,15-16H2,1-4H3,(H,29,30,33,34)/t20-,21-,23-,24-,27+,28+/m0/s1. The molecule has 2 fully saturated rings. The number of ether oxygens (including phenoxy) is 2. The predicted molar refractivity (Wildman–Crippen MR) is 136 cm³/mol. The first kappa shape index (κ1) is 25.4. The van der Waals surface area contributed by atoms with Gasteiger partial charge in [0.1, 0.15) is 5.82 Å². The Morgan fingerprint density at radius 1 is 1.33 bits per heavy atom. The second-order valence-corrected chi connectivity index (χ2v) is 11.7. The van der Waals surface area contributed by atoms with Crippen molar-refractivity contribution < 1.29 is 19.4 Å². The molecule has 8 heteroatoms. The molecule has 6 atom stereocenters. The van der Waals surface area contributed by atoms with Crippen LogP contribution in [0.15, 0.2) is 40.4 Å². The Kier molecular flexibility index (Phi) is 6.72. The third-order valence-electron chi connectivity index (χ3n) is 9.36. The Hall–Kier alpha value is -2.29. The molecule has 2 N–H and O–H groups in total. The van der Waals surface area contributed by atoms with Crippen LogP contribution in [-0.4, -0.2) is 40.1 Å². The summed E-state index contributed by atoms with van der Waals surface area (Å²) >= 11 is 0. The van der Waals surface area contributed by atoms with Crippen LogP contribution < -0.4 is 11.0 Å². The molecule has 1 saturated heterocycles. The van der Waals surface area contributed by atoms with E-state index in [1.165, 1.54) is 15.7 Å². The minimum absolute atomic E-state index is 0.0602. The Balaban J connectivity index is 1.35. The number of aliphatic hydroxyl groups is 1. The van der Waals surface area contributed by atoms with E-state index in [1.54, 1.807) is 12.3 Å². The van der Waals surface area contributed by atoms with Gasteiger partial charge in [-0.25, -0.2) is 4.79 Å². The van der Waals surface area contributed by atoms with E-state index >= 15 is 0 Å². The molecule has 0 aromatic carbocycles. The summed E-state index contributed by atoms with van der Waals surface area (Å²) in [6, 6.07) is 1.62. The van der Waals surface area contributed by atoms with E-state index in [-0.39, 0.29) is 36.3 Å². The van der Waals surface area contributed by atoms with E-state index in [1.807, 2.05) is 0 Å². The maximum absolute atomic E-state index is 13.8. The molecule has 36 heavy (non-hydrogen) atoms. The number of carbonyl (C=O) groups excluding carboxylic acids is 1. The molecule has 8 nitrogen and oxygen atoms in total. The van der Waals surface area contributed by atoms with Crippen molar-refractivity contribution in [2.45, 2.75) is 78.7 Å². The van der Waals surface area contributed by atoms with E-state index in [0.29, 0.717) is 11.8 Å². The molecule has 2 heterocycles. The fourth-order valence-corrected chi connectivity index (χ4v) is 7.26. The van der Waals surface area contributed by atoms with Crippen LogP contribution in [0.25, 0.3) is 0 Å². The Morgan fingerprint density at radius 2 is 2.14 bits per heavy atom. The fraction of sp³-hybridized carbons (Fsp3) is 0.679. The van der Waals surface area contributed by atoms with Crippen molar-refractivity contribution in [1.82, 2.24) is 9.55 Å². The van der Waals surface area contributed by atoms with Gasteiger partial charge in [0.15, 0.2) is 12.5 Å². The van der Waals surface area contributed by atoms with Gasteiger partial charge in [0.05, 0.1) is 18.6 Å². The van der Waals surface area contributed by atoms with E-state index in [2.05, 4.69) is 50.1 Å². The number of carbonyl (C=O) groups is 1. The second kappa shape index (κ2) is 9.54. The number of nitrogens with zero attached hydrogens (tertiary/aromatic N) is 2. The van der Waals surface area contributed by atoms with Crippen molar-refractivity contribution >= 4 is 11.7 Å². The lowest BCUT2D eigenvalue weighted by molar-refractivity contribution is -0.138. The van der Waals surface area contributed by atoms with Crippen LogP contribution in [0.1, 0.15) is 72.4 Å². The summed E-state index contributed by atoms with van der Waals surface area (Å²) in [5.74, 6) is 1.49. The number of aromatic nitrogens is 2. The zero-order valence-corrected chi connectivity index (χ0v) is 21.8. The van der Waals surface area contributed by atoms with Gasteiger partial charge in [0.25, 0.3) is 0 Å². The number of nitrogens with one attached hydrogen (secondary N) is 1. The molecule has 1 aromatic rings. The number of allylic oxidation sites excluding steroid dienone is 4. The number of hydrogen-bond acceptors (Lipinski definition) is 6. The third kappa shape index (κ3) is 4.27. The van der Waals surface area contributed by atoms with Gasteiger partial charge in [0, 0.05) is 6.20 Å². The lowest BCUT2D eigenvalue weighted by Gasteiger charge is -2.57. The predicted octanol–water partition coefficient (Wildman–Crippen LogP) is 4.18. The number of anilines is 1. The zero-order chi connectivity index (χ0) is 25.7. The van der Waals surface area contributed by atoms with Crippen LogP contribution >= 0.6 is 0 Å². The van der Waals surface area contributed by atoms with Gasteiger partial charge >= 0.3 is 5.69 Å². The van der Waals surface area contributed by atoms with Gasteiger partial charge in [-0.3, -0.25) is 9.36 Å². The highest BCUT2D eigenvalue weighted by Crippen LogP contribution is 2.62. The summed E-state index contributed by atoms with van der Waals surface area (Å²) in [5.41, 5.74) is 2.02. The summed E-state index contributed by atoms with van der Waals surface area (Å²) < 4.78 is 12.1. The topological polar surface area (TPSA) is 103 Å². The monoisotopic (exact) mass is 497 g/mol. The summed E-state index contributed by atoms with van der Waals surface area (Å²) in [7, 11) is 0. The number of hydrogen-bond donors (Lipinski definition) is 2. The van der Waals surface area contributed by atoms with Gasteiger partial charge in [-0.1, -0.05) is 51.8 Å². The minimum Gasteiger partial charge on any atom is -0.391 e. The molecular weight excluding hydrogens is 458 g/mol. The van der Waals surface area contributed by atoms with Gasteiger partial charge in [-0.05, 0) is 66.9 Å². The number of fused-ring (bicyclic) bond motifs is 3. The highest BCUT2D eigenvalue weighted by Gasteiger charge is 2.57. The first-order chi connectivity index (χ1) is 17.2. The van der Waals surface area contributed by atoms with Crippen LogP contribution in [-0.2, 0) is 14.3 Å². The maximum atomic E-state index is 13.8. The van der Waals surface area contributed by atoms with Crippen molar-refractivity contribution in [2.75, 3.05) is 18.5 Å². The zero-order valence-electron chi connectivity index (χ0n) is 21.8. The highest BCUT2D eigenvalue weighted by molar-refractivity contribution is 5.94. The lowest BCUT2D eigenvalue weighted by atomic mass is 9.46. The molecule has 4 aliphatic rings. The van der Waals surface area contributed by atoms with E-state index in [0.717, 1.165) is 38.5 Å². The Bertz CT molecular complexity index is 1140. The lowest BCUT2D eigenvalue weighted by Crippen LogP contribution is -2.54. The molecular formula is C28H39N3O5. The number of amides is 1. The molecule has 5 rings (SSSR count). The van der Waals surface area contributed by atoms with Gasteiger partial charge < -0.3 is 19.9 Å². The summed E-state index contributed by atoms with van der Waals surface area (Å²) in [4.78, 5) is 30.5. The minimum atomic E-state index is -0.747. The molecule has 1 saturated carbocycles. The SMILES string of the molecule is CC(C)C1=CC2=CC[C@H]3[C@](C)(CCC[C@@]3(C)C(=O)Nc3ccn([C@@H]4CO[C@H](CO)O4)c(=O)n3)[C@H]2CC1. The van der Waals surface area contributed by atoms with Crippen molar-refractivity contribution in [1.29, 1.82) is 0 Å². The van der Waals surface area contributed by atoms with Gasteiger partial charge in [-0.2, -0.15) is 4.98 Å². The smallest absolute Gasteiger partial charge is 0.351 e. The normalized spacial score (nSPS) is 36.1. The average molecular weight is 498 g/mol. The highest BCUT2D eigenvalue weighted by atomic mass is 16.7. The second-order valence-electron chi connectivity index (χ2n) is 11.7. The van der Waals surface area contributed by atoms with Crippen molar-refractivity contribution in [3.05, 3.63) is 46.0 Å². The van der Waals surface area contributed by atoms with Crippen LogP contribution in [0, 0.1) is 28.6 Å². The van der Waals surface area contributed by atoms with Crippen LogP contribution in [0.2, 0.25) is 0 Å². The Labute approximate surface area is 212 Å². The molecule has 0 radical (unpaired) electrons. The molecule has 0 spiro atoms. The van der Waals surface area contributed by atoms with E-state index in [9.17, 15) is 14.7 Å². The molecule has 196 valence electrons. The van der Waals surface area contributed by atoms with Crippen LogP contribution in [0.3, 0.4) is 0 Å². The molecule has 3 aliphatic carbocycles. The number of aliphatic hydroxyl groups excluding tert-OH is 1. The van der Waals surface area contributed by atoms with Crippen LogP contribution in [0.5, 0.6) is 0 Å². The maximum Gasteiger partial charge on any atom is 0.351 e. The molecule has 1 amide bonds. The Morgan fingerprint density at radius 3 is 2.83 bits per heavy atom. The molecule has 1 aromatic heterocycles. The van der Waals surface area contributed by atoms with Gasteiger partial charge in [-0.15, -0.1) is 0 Å². The summed E-state index contributed by atoms with van der Waals surface area (Å²) in [6.07, 6.45) is 11.2. The number of rotatable bonds is 5. The van der Waals surface area contributed by atoms with Crippen molar-refractivity contribution in [3.8, 4) is 0 Å². The third-order valence-corrected chi connectivity index (χ3v) is 9.36.